The number of nitrogens with one attached hydrogen (secondary N) is 2. The monoisotopic (exact) mass is 482 g/mol. The Morgan fingerprint density at radius 2 is 1.73 bits per heavy atom. The summed E-state index contributed by atoms with van der Waals surface area (Å²) in [6.07, 6.45) is 1.68. The molecule has 0 aromatic heterocycles. The minimum absolute atomic E-state index is 0.0159. The van der Waals surface area contributed by atoms with E-state index in [-0.39, 0.29) is 16.4 Å². The number of carbonyl (C=O) groups excluding carboxylic acids is 2. The molecule has 1 atom stereocenters. The van der Waals surface area contributed by atoms with Gasteiger partial charge in [0.2, 0.25) is 0 Å². The molecule has 0 saturated carbocycles. The smallest absolute Gasteiger partial charge is 0.324 e. The number of nitrogens with zero attached hydrogens (tertiary/aromatic N) is 2. The van der Waals surface area contributed by atoms with Crippen molar-refractivity contribution in [2.45, 2.75) is 6.04 Å². The SMILES string of the molecule is C=Cc1ccc(NC(=O)C(c2ccccc2)N(S)C(=O)Nc2cc([N+](=O)[O-])ccc2Cl)cc1. The highest BCUT2D eigenvalue weighted by molar-refractivity contribution is 7.78. The fourth-order valence-corrected chi connectivity index (χ4v) is 3.42. The van der Waals surface area contributed by atoms with Crippen molar-refractivity contribution in [2.24, 2.45) is 0 Å². The number of nitro benzene ring substituents is 1. The van der Waals surface area contributed by atoms with Gasteiger partial charge in [-0.2, -0.15) is 0 Å². The van der Waals surface area contributed by atoms with Crippen molar-refractivity contribution in [1.82, 2.24) is 4.31 Å². The van der Waals surface area contributed by atoms with Crippen LogP contribution < -0.4 is 10.6 Å². The Kier molecular flexibility index (Phi) is 7.70. The molecule has 0 spiro atoms. The van der Waals surface area contributed by atoms with E-state index in [2.05, 4.69) is 30.0 Å². The van der Waals surface area contributed by atoms with Gasteiger partial charge in [-0.1, -0.05) is 79.5 Å². The highest BCUT2D eigenvalue weighted by Crippen LogP contribution is 2.30. The zero-order chi connectivity index (χ0) is 24.0. The standard InChI is InChI=1S/C23H19ClN4O4S/c1-2-15-8-10-17(11-9-15)25-22(29)21(16-6-4-3-5-7-16)27(33)23(30)26-20-14-18(28(31)32)12-13-19(20)24/h2-14,21,33H,1H2,(H,25,29)(H,26,30). The quantitative estimate of drug-likeness (QED) is 0.220. The van der Waals surface area contributed by atoms with Gasteiger partial charge in [-0.3, -0.25) is 19.2 Å². The Balaban J connectivity index is 1.86. The molecular weight excluding hydrogens is 464 g/mol. The minimum Gasteiger partial charge on any atom is -0.324 e. The van der Waals surface area contributed by atoms with Crippen LogP contribution in [0.15, 0.2) is 79.4 Å². The Bertz CT molecular complexity index is 1190. The van der Waals surface area contributed by atoms with Crippen molar-refractivity contribution >= 4 is 59.5 Å². The predicted molar refractivity (Wildman–Crippen MR) is 132 cm³/mol. The average Bonchev–Trinajstić information content (AvgIpc) is 2.81. The number of carbonyl (C=O) groups is 2. The summed E-state index contributed by atoms with van der Waals surface area (Å²) in [7, 11) is 0. The van der Waals surface area contributed by atoms with Crippen LogP contribution in [0.25, 0.3) is 6.08 Å². The lowest BCUT2D eigenvalue weighted by Crippen LogP contribution is -2.38. The molecule has 8 nitrogen and oxygen atoms in total. The molecule has 0 aliphatic rings. The Morgan fingerprint density at radius 1 is 1.06 bits per heavy atom. The number of hydrogen-bond acceptors (Lipinski definition) is 5. The maximum Gasteiger partial charge on any atom is 0.332 e. The third-order valence-electron chi connectivity index (χ3n) is 4.63. The average molecular weight is 483 g/mol. The van der Waals surface area contributed by atoms with E-state index < -0.39 is 22.9 Å². The Labute approximate surface area is 200 Å². The number of non-ortho nitro benzene ring substituents is 1. The van der Waals surface area contributed by atoms with Crippen LogP contribution in [-0.2, 0) is 4.79 Å². The summed E-state index contributed by atoms with van der Waals surface area (Å²) in [6.45, 7) is 3.69. The third-order valence-corrected chi connectivity index (χ3v) is 5.37. The molecule has 10 heteroatoms. The largest absolute Gasteiger partial charge is 0.332 e. The molecular formula is C23H19ClN4O4S. The number of halogens is 1. The number of urea groups is 1. The van der Waals surface area contributed by atoms with E-state index >= 15 is 0 Å². The summed E-state index contributed by atoms with van der Waals surface area (Å²) >= 11 is 10.3. The number of anilines is 2. The normalized spacial score (nSPS) is 11.2. The lowest BCUT2D eigenvalue weighted by Gasteiger charge is -2.26. The van der Waals surface area contributed by atoms with Crippen LogP contribution in [0.2, 0.25) is 5.02 Å². The first-order valence-corrected chi connectivity index (χ1v) is 10.4. The molecule has 3 aromatic carbocycles. The molecule has 2 N–H and O–H groups in total. The number of rotatable bonds is 7. The van der Waals surface area contributed by atoms with Gasteiger partial charge in [0.25, 0.3) is 11.6 Å². The summed E-state index contributed by atoms with van der Waals surface area (Å²) < 4.78 is 0.901. The first-order chi connectivity index (χ1) is 15.8. The highest BCUT2D eigenvalue weighted by atomic mass is 35.5. The van der Waals surface area contributed by atoms with Crippen LogP contribution >= 0.6 is 24.4 Å². The van der Waals surface area contributed by atoms with Gasteiger partial charge >= 0.3 is 6.03 Å². The van der Waals surface area contributed by atoms with Crippen LogP contribution in [-0.4, -0.2) is 21.2 Å². The highest BCUT2D eigenvalue weighted by Gasteiger charge is 2.30. The van der Waals surface area contributed by atoms with Crippen LogP contribution in [0.3, 0.4) is 0 Å². The second kappa shape index (κ2) is 10.7. The number of amides is 3. The Morgan fingerprint density at radius 3 is 2.33 bits per heavy atom. The van der Waals surface area contributed by atoms with Gasteiger partial charge in [0.05, 0.1) is 15.6 Å². The minimum atomic E-state index is -1.12. The van der Waals surface area contributed by atoms with Gasteiger partial charge in [-0.05, 0) is 29.3 Å². The van der Waals surface area contributed by atoms with Crippen molar-refractivity contribution in [3.05, 3.63) is 106 Å². The molecule has 0 fully saturated rings. The van der Waals surface area contributed by atoms with Gasteiger partial charge < -0.3 is 10.6 Å². The van der Waals surface area contributed by atoms with Crippen molar-refractivity contribution in [3.8, 4) is 0 Å². The number of hydrogen-bond donors (Lipinski definition) is 3. The van der Waals surface area contributed by atoms with E-state index in [1.807, 2.05) is 0 Å². The molecule has 0 aliphatic carbocycles. The first kappa shape index (κ1) is 23.8. The molecule has 0 heterocycles. The molecule has 0 aliphatic heterocycles. The zero-order valence-electron chi connectivity index (χ0n) is 17.1. The number of thiol groups is 1. The molecule has 0 bridgehead atoms. The van der Waals surface area contributed by atoms with Gasteiger partial charge in [-0.15, -0.1) is 0 Å². The van der Waals surface area contributed by atoms with E-state index in [0.717, 1.165) is 15.9 Å². The van der Waals surface area contributed by atoms with Crippen molar-refractivity contribution in [3.63, 3.8) is 0 Å². The van der Waals surface area contributed by atoms with Crippen molar-refractivity contribution < 1.29 is 14.5 Å². The van der Waals surface area contributed by atoms with Gasteiger partial charge in [-0.25, -0.2) is 4.79 Å². The first-order valence-electron chi connectivity index (χ1n) is 9.61. The van der Waals surface area contributed by atoms with Crippen molar-refractivity contribution in [2.75, 3.05) is 10.6 Å². The molecule has 3 amide bonds. The lowest BCUT2D eigenvalue weighted by atomic mass is 10.1. The molecule has 3 aromatic rings. The fraction of sp³-hybridized carbons (Fsp3) is 0.0435. The zero-order valence-corrected chi connectivity index (χ0v) is 18.8. The van der Waals surface area contributed by atoms with E-state index in [4.69, 9.17) is 11.6 Å². The van der Waals surface area contributed by atoms with E-state index in [0.29, 0.717) is 11.3 Å². The third kappa shape index (κ3) is 5.91. The molecule has 168 valence electrons. The molecule has 33 heavy (non-hydrogen) atoms. The number of nitro groups is 1. The van der Waals surface area contributed by atoms with Gasteiger partial charge in [0.1, 0.15) is 6.04 Å². The van der Waals surface area contributed by atoms with Crippen LogP contribution in [0, 0.1) is 10.1 Å². The van der Waals surface area contributed by atoms with Crippen molar-refractivity contribution in [1.29, 1.82) is 0 Å². The topological polar surface area (TPSA) is 105 Å². The molecule has 0 radical (unpaired) electrons. The summed E-state index contributed by atoms with van der Waals surface area (Å²) in [4.78, 5) is 36.5. The van der Waals surface area contributed by atoms with Gasteiger partial charge in [0, 0.05) is 17.8 Å². The van der Waals surface area contributed by atoms with E-state index in [1.165, 1.54) is 12.1 Å². The number of benzene rings is 3. The second-order valence-corrected chi connectivity index (χ2v) is 7.66. The van der Waals surface area contributed by atoms with Crippen LogP contribution in [0.5, 0.6) is 0 Å². The van der Waals surface area contributed by atoms with Crippen LogP contribution in [0.4, 0.5) is 21.9 Å². The Hall–Kier alpha value is -3.82. The van der Waals surface area contributed by atoms with Gasteiger partial charge in [0.15, 0.2) is 0 Å². The molecule has 3 rings (SSSR count). The maximum atomic E-state index is 13.2. The predicted octanol–water partition coefficient (Wildman–Crippen LogP) is 5.95. The molecule has 0 saturated heterocycles. The molecule has 1 unspecified atom stereocenters. The van der Waals surface area contributed by atoms with Crippen LogP contribution in [0.1, 0.15) is 17.2 Å². The fourth-order valence-electron chi connectivity index (χ4n) is 2.96. The summed E-state index contributed by atoms with van der Waals surface area (Å²) in [5, 5.41) is 16.4. The summed E-state index contributed by atoms with van der Waals surface area (Å²) in [5.41, 5.74) is 1.68. The lowest BCUT2D eigenvalue weighted by molar-refractivity contribution is -0.384. The van der Waals surface area contributed by atoms with E-state index in [1.54, 1.807) is 60.7 Å². The summed E-state index contributed by atoms with van der Waals surface area (Å²) in [6, 6.07) is 17.3. The summed E-state index contributed by atoms with van der Waals surface area (Å²) in [5.74, 6) is -0.511. The maximum absolute atomic E-state index is 13.2. The van der Waals surface area contributed by atoms with E-state index in [9.17, 15) is 19.7 Å². The second-order valence-electron chi connectivity index (χ2n) is 6.82.